The van der Waals surface area contributed by atoms with Crippen LogP contribution in [0, 0.1) is 0 Å². The first kappa shape index (κ1) is 10.4. The largest absolute Gasteiger partial charge is 0.463 e. The zero-order chi connectivity index (χ0) is 10.4. The standard InChI is InChI=1S/C11H12O3/c1-9(13)6-10-2-4-11(5-3-10)7-14-8-12/h2-5,8H,6-7H2,1H3. The Hall–Kier alpha value is -1.64. The minimum atomic E-state index is 0.141. The molecule has 3 heteroatoms. The van der Waals surface area contributed by atoms with Crippen LogP contribution in [-0.4, -0.2) is 12.3 Å². The summed E-state index contributed by atoms with van der Waals surface area (Å²) in [7, 11) is 0. The highest BCUT2D eigenvalue weighted by molar-refractivity contribution is 5.78. The summed E-state index contributed by atoms with van der Waals surface area (Å²) in [6, 6.07) is 7.43. The monoisotopic (exact) mass is 192 g/mol. The summed E-state index contributed by atoms with van der Waals surface area (Å²) in [5.74, 6) is 0.141. The molecule has 0 aliphatic heterocycles. The summed E-state index contributed by atoms with van der Waals surface area (Å²) in [6.45, 7) is 2.26. The molecule has 0 aliphatic carbocycles. The van der Waals surface area contributed by atoms with Crippen LogP contribution in [0.25, 0.3) is 0 Å². The van der Waals surface area contributed by atoms with Gasteiger partial charge in [0.2, 0.25) is 0 Å². The molecule has 0 radical (unpaired) electrons. The Bertz CT molecular complexity index is 314. The smallest absolute Gasteiger partial charge is 0.293 e. The molecule has 0 atom stereocenters. The van der Waals surface area contributed by atoms with Gasteiger partial charge in [-0.25, -0.2) is 0 Å². The number of benzene rings is 1. The van der Waals surface area contributed by atoms with Crippen LogP contribution < -0.4 is 0 Å². The zero-order valence-electron chi connectivity index (χ0n) is 8.03. The Kier molecular flexibility index (Phi) is 3.85. The van der Waals surface area contributed by atoms with Gasteiger partial charge in [0.25, 0.3) is 6.47 Å². The minimum absolute atomic E-state index is 0.141. The van der Waals surface area contributed by atoms with E-state index in [0.717, 1.165) is 11.1 Å². The van der Waals surface area contributed by atoms with Crippen molar-refractivity contribution in [3.63, 3.8) is 0 Å². The molecule has 0 saturated carbocycles. The predicted octanol–water partition coefficient (Wildman–Crippen LogP) is 1.49. The molecule has 0 bridgehead atoms. The summed E-state index contributed by atoms with van der Waals surface area (Å²) in [5, 5.41) is 0. The van der Waals surface area contributed by atoms with E-state index in [0.29, 0.717) is 12.9 Å². The normalized spacial score (nSPS) is 9.50. The molecule has 0 spiro atoms. The van der Waals surface area contributed by atoms with Crippen LogP contribution in [-0.2, 0) is 27.4 Å². The number of hydrogen-bond donors (Lipinski definition) is 0. The van der Waals surface area contributed by atoms with Gasteiger partial charge in [-0.1, -0.05) is 24.3 Å². The third-order valence-electron chi connectivity index (χ3n) is 1.79. The summed E-state index contributed by atoms with van der Waals surface area (Å²) in [4.78, 5) is 20.7. The van der Waals surface area contributed by atoms with Crippen LogP contribution >= 0.6 is 0 Å². The van der Waals surface area contributed by atoms with Crippen molar-refractivity contribution in [2.45, 2.75) is 20.0 Å². The lowest BCUT2D eigenvalue weighted by molar-refractivity contribution is -0.129. The number of carbonyl (C=O) groups is 2. The van der Waals surface area contributed by atoms with Crippen molar-refractivity contribution < 1.29 is 14.3 Å². The van der Waals surface area contributed by atoms with E-state index in [4.69, 9.17) is 0 Å². The minimum Gasteiger partial charge on any atom is -0.463 e. The van der Waals surface area contributed by atoms with Gasteiger partial charge in [-0.3, -0.25) is 9.59 Å². The lowest BCUT2D eigenvalue weighted by Gasteiger charge is -2.01. The van der Waals surface area contributed by atoms with Crippen LogP contribution in [0.2, 0.25) is 0 Å². The number of ether oxygens (including phenoxy) is 1. The average Bonchev–Trinajstić information content (AvgIpc) is 2.16. The highest BCUT2D eigenvalue weighted by Gasteiger charge is 1.97. The van der Waals surface area contributed by atoms with E-state index < -0.39 is 0 Å². The Morgan fingerprint density at radius 3 is 2.36 bits per heavy atom. The fraction of sp³-hybridized carbons (Fsp3) is 0.273. The Balaban J connectivity index is 2.58. The van der Waals surface area contributed by atoms with Crippen molar-refractivity contribution in [2.75, 3.05) is 0 Å². The number of Topliss-reactive ketones (excluding diaryl/α,β-unsaturated/α-hetero) is 1. The van der Waals surface area contributed by atoms with Gasteiger partial charge < -0.3 is 4.74 Å². The fourth-order valence-corrected chi connectivity index (χ4v) is 1.17. The van der Waals surface area contributed by atoms with Gasteiger partial charge in [0.05, 0.1) is 0 Å². The lowest BCUT2D eigenvalue weighted by Crippen LogP contribution is -1.96. The molecular weight excluding hydrogens is 180 g/mol. The second kappa shape index (κ2) is 5.17. The SMILES string of the molecule is CC(=O)Cc1ccc(COC=O)cc1. The van der Waals surface area contributed by atoms with E-state index in [2.05, 4.69) is 4.74 Å². The summed E-state index contributed by atoms with van der Waals surface area (Å²) < 4.78 is 4.59. The van der Waals surface area contributed by atoms with Crippen molar-refractivity contribution >= 4 is 12.3 Å². The van der Waals surface area contributed by atoms with Gasteiger partial charge in [0.1, 0.15) is 12.4 Å². The molecular formula is C11H12O3. The van der Waals surface area contributed by atoms with E-state index in [-0.39, 0.29) is 12.4 Å². The second-order valence-corrected chi connectivity index (χ2v) is 3.10. The summed E-state index contributed by atoms with van der Waals surface area (Å²) >= 11 is 0. The first-order valence-corrected chi connectivity index (χ1v) is 4.35. The van der Waals surface area contributed by atoms with Crippen molar-refractivity contribution in [2.24, 2.45) is 0 Å². The second-order valence-electron chi connectivity index (χ2n) is 3.10. The molecule has 0 aromatic heterocycles. The number of rotatable bonds is 5. The van der Waals surface area contributed by atoms with E-state index >= 15 is 0 Å². The van der Waals surface area contributed by atoms with Crippen LogP contribution in [0.3, 0.4) is 0 Å². The maximum atomic E-state index is 10.8. The maximum Gasteiger partial charge on any atom is 0.293 e. The predicted molar refractivity (Wildman–Crippen MR) is 51.7 cm³/mol. The Morgan fingerprint density at radius 1 is 1.29 bits per heavy atom. The van der Waals surface area contributed by atoms with E-state index in [9.17, 15) is 9.59 Å². The molecule has 0 aliphatic rings. The van der Waals surface area contributed by atoms with Crippen molar-refractivity contribution in [1.29, 1.82) is 0 Å². The molecule has 0 amide bonds. The van der Waals surface area contributed by atoms with E-state index in [1.165, 1.54) is 0 Å². The highest BCUT2D eigenvalue weighted by atomic mass is 16.5. The quantitative estimate of drug-likeness (QED) is 0.664. The van der Waals surface area contributed by atoms with E-state index in [1.54, 1.807) is 6.92 Å². The lowest BCUT2D eigenvalue weighted by atomic mass is 10.1. The van der Waals surface area contributed by atoms with Gasteiger partial charge in [0, 0.05) is 6.42 Å². The maximum absolute atomic E-state index is 10.8. The molecule has 0 N–H and O–H groups in total. The molecule has 0 heterocycles. The third kappa shape index (κ3) is 3.39. The number of carbonyl (C=O) groups excluding carboxylic acids is 2. The fourth-order valence-electron chi connectivity index (χ4n) is 1.17. The molecule has 1 rings (SSSR count). The number of ketones is 1. The van der Waals surface area contributed by atoms with Crippen molar-refractivity contribution in [3.05, 3.63) is 35.4 Å². The van der Waals surface area contributed by atoms with Gasteiger partial charge in [-0.15, -0.1) is 0 Å². The zero-order valence-corrected chi connectivity index (χ0v) is 8.03. The first-order chi connectivity index (χ1) is 6.72. The van der Waals surface area contributed by atoms with Crippen molar-refractivity contribution in [1.82, 2.24) is 0 Å². The molecule has 0 fully saturated rings. The van der Waals surface area contributed by atoms with Crippen molar-refractivity contribution in [3.8, 4) is 0 Å². The van der Waals surface area contributed by atoms with Gasteiger partial charge in [0.15, 0.2) is 0 Å². The molecule has 3 nitrogen and oxygen atoms in total. The van der Waals surface area contributed by atoms with Crippen LogP contribution in [0.4, 0.5) is 0 Å². The van der Waals surface area contributed by atoms with Crippen LogP contribution in [0.5, 0.6) is 0 Å². The molecule has 14 heavy (non-hydrogen) atoms. The molecule has 0 saturated heterocycles. The Morgan fingerprint density at radius 2 is 1.86 bits per heavy atom. The average molecular weight is 192 g/mol. The molecule has 74 valence electrons. The first-order valence-electron chi connectivity index (χ1n) is 4.35. The number of hydrogen-bond acceptors (Lipinski definition) is 3. The highest BCUT2D eigenvalue weighted by Crippen LogP contribution is 2.06. The van der Waals surface area contributed by atoms with Gasteiger partial charge >= 0.3 is 0 Å². The van der Waals surface area contributed by atoms with Crippen LogP contribution in [0.15, 0.2) is 24.3 Å². The third-order valence-corrected chi connectivity index (χ3v) is 1.79. The topological polar surface area (TPSA) is 43.4 Å². The molecule has 1 aromatic carbocycles. The molecule has 1 aromatic rings. The molecule has 0 unspecified atom stereocenters. The van der Waals surface area contributed by atoms with Crippen LogP contribution in [0.1, 0.15) is 18.1 Å². The summed E-state index contributed by atoms with van der Waals surface area (Å²) in [5.41, 5.74) is 1.90. The van der Waals surface area contributed by atoms with Gasteiger partial charge in [-0.2, -0.15) is 0 Å². The van der Waals surface area contributed by atoms with Gasteiger partial charge in [-0.05, 0) is 18.1 Å². The Labute approximate surface area is 82.7 Å². The summed E-state index contributed by atoms with van der Waals surface area (Å²) in [6.07, 6.45) is 0.453. The van der Waals surface area contributed by atoms with E-state index in [1.807, 2.05) is 24.3 Å².